The van der Waals surface area contributed by atoms with Gasteiger partial charge in [0.25, 0.3) is 0 Å². The van der Waals surface area contributed by atoms with Gasteiger partial charge in [0.05, 0.1) is 18.8 Å². The van der Waals surface area contributed by atoms with Crippen LogP contribution < -0.4 is 0 Å². The summed E-state index contributed by atoms with van der Waals surface area (Å²) in [5.74, 6) is 0.635. The number of aliphatic hydroxyl groups is 1. The van der Waals surface area contributed by atoms with Gasteiger partial charge >= 0.3 is 6.09 Å². The smallest absolute Gasteiger partial charge is 0.410 e. The van der Waals surface area contributed by atoms with Crippen LogP contribution >= 0.6 is 0 Å². The van der Waals surface area contributed by atoms with Crippen LogP contribution in [0.2, 0.25) is 0 Å². The van der Waals surface area contributed by atoms with Crippen molar-refractivity contribution in [2.75, 3.05) is 13.2 Å². The summed E-state index contributed by atoms with van der Waals surface area (Å²) in [6, 6.07) is 9.32. The van der Waals surface area contributed by atoms with E-state index in [2.05, 4.69) is 13.8 Å². The Balaban J connectivity index is 1.66. The lowest BCUT2D eigenvalue weighted by Gasteiger charge is -2.24. The van der Waals surface area contributed by atoms with Crippen LogP contribution in [0.25, 0.3) is 0 Å². The number of amides is 1. The Morgan fingerprint density at radius 2 is 2.14 bits per heavy atom. The van der Waals surface area contributed by atoms with Crippen molar-refractivity contribution >= 4 is 6.09 Å². The number of benzene rings is 1. The molecule has 1 aromatic carbocycles. The molecule has 4 atom stereocenters. The number of rotatable bonds is 3. The molecule has 2 saturated heterocycles. The first-order valence-corrected chi connectivity index (χ1v) is 7.85. The molecule has 1 N–H and O–H groups in total. The molecule has 0 bridgehead atoms. The van der Waals surface area contributed by atoms with E-state index in [1.165, 1.54) is 0 Å². The Morgan fingerprint density at radius 1 is 1.41 bits per heavy atom. The largest absolute Gasteiger partial charge is 0.445 e. The Morgan fingerprint density at radius 3 is 2.82 bits per heavy atom. The Hall–Kier alpha value is -1.59. The number of ether oxygens (including phenoxy) is 2. The summed E-state index contributed by atoms with van der Waals surface area (Å²) >= 11 is 0. The van der Waals surface area contributed by atoms with Crippen molar-refractivity contribution < 1.29 is 19.4 Å². The molecule has 0 spiro atoms. The molecule has 5 heteroatoms. The molecule has 2 fully saturated rings. The van der Waals surface area contributed by atoms with Gasteiger partial charge in [-0.2, -0.15) is 0 Å². The minimum atomic E-state index is -0.627. The lowest BCUT2D eigenvalue weighted by molar-refractivity contribution is 0.0467. The number of fused-ring (bicyclic) bond motifs is 1. The van der Waals surface area contributed by atoms with Crippen LogP contribution in [0.15, 0.2) is 30.3 Å². The SMILES string of the molecule is CC(C)[C@@H]1CN(C(=O)OCc2ccccc2)[C@H]2[C@@H]1OC[C@@H]2O. The maximum absolute atomic E-state index is 12.4. The normalized spacial score (nSPS) is 30.6. The van der Waals surface area contributed by atoms with Gasteiger partial charge in [0.2, 0.25) is 0 Å². The second-order valence-corrected chi connectivity index (χ2v) is 6.46. The average molecular weight is 305 g/mol. The Labute approximate surface area is 130 Å². The molecule has 22 heavy (non-hydrogen) atoms. The fourth-order valence-corrected chi connectivity index (χ4v) is 3.43. The number of carbonyl (C=O) groups excluding carboxylic acids is 1. The molecule has 2 aliphatic rings. The van der Waals surface area contributed by atoms with E-state index in [1.807, 2.05) is 30.3 Å². The van der Waals surface area contributed by atoms with E-state index >= 15 is 0 Å². The topological polar surface area (TPSA) is 59.0 Å². The third-order valence-corrected chi connectivity index (χ3v) is 4.68. The molecule has 1 aromatic rings. The van der Waals surface area contributed by atoms with Crippen molar-refractivity contribution in [3.05, 3.63) is 35.9 Å². The summed E-state index contributed by atoms with van der Waals surface area (Å²) in [4.78, 5) is 14.1. The van der Waals surface area contributed by atoms with Crippen LogP contribution in [0.4, 0.5) is 4.79 Å². The van der Waals surface area contributed by atoms with Crippen molar-refractivity contribution in [2.24, 2.45) is 11.8 Å². The third kappa shape index (κ3) is 2.83. The maximum atomic E-state index is 12.4. The van der Waals surface area contributed by atoms with Gasteiger partial charge in [-0.1, -0.05) is 44.2 Å². The Bertz CT molecular complexity index is 519. The zero-order chi connectivity index (χ0) is 15.7. The van der Waals surface area contributed by atoms with Crippen LogP contribution in [0.3, 0.4) is 0 Å². The van der Waals surface area contributed by atoms with E-state index in [-0.39, 0.29) is 30.8 Å². The minimum absolute atomic E-state index is 0.0840. The second-order valence-electron chi connectivity index (χ2n) is 6.46. The van der Waals surface area contributed by atoms with E-state index in [1.54, 1.807) is 4.90 Å². The summed E-state index contributed by atoms with van der Waals surface area (Å²) < 4.78 is 11.1. The molecular formula is C17H23NO4. The predicted molar refractivity (Wildman–Crippen MR) is 81.2 cm³/mol. The van der Waals surface area contributed by atoms with Crippen molar-refractivity contribution in [1.82, 2.24) is 4.90 Å². The Kier molecular flexibility index (Phi) is 4.36. The maximum Gasteiger partial charge on any atom is 0.410 e. The van der Waals surface area contributed by atoms with Crippen molar-refractivity contribution in [3.8, 4) is 0 Å². The predicted octanol–water partition coefficient (Wildman–Crippen LogP) is 2.04. The molecule has 2 aliphatic heterocycles. The standard InChI is InChI=1S/C17H23NO4/c1-11(2)13-8-18(15-14(19)10-21-16(13)15)17(20)22-9-12-6-4-3-5-7-12/h3-7,11,13-16,19H,8-10H2,1-2H3/t13-,14-,15+,16+/m0/s1. The van der Waals surface area contributed by atoms with Gasteiger partial charge in [-0.15, -0.1) is 0 Å². The summed E-state index contributed by atoms with van der Waals surface area (Å²) in [5, 5.41) is 10.1. The van der Waals surface area contributed by atoms with Gasteiger partial charge in [0, 0.05) is 12.5 Å². The number of carbonyl (C=O) groups is 1. The highest BCUT2D eigenvalue weighted by Gasteiger charge is 2.53. The van der Waals surface area contributed by atoms with E-state index in [0.717, 1.165) is 5.56 Å². The molecular weight excluding hydrogens is 282 g/mol. The monoisotopic (exact) mass is 305 g/mol. The number of likely N-dealkylation sites (tertiary alicyclic amines) is 1. The number of nitrogens with zero attached hydrogens (tertiary/aromatic N) is 1. The lowest BCUT2D eigenvalue weighted by Crippen LogP contribution is -2.44. The third-order valence-electron chi connectivity index (χ3n) is 4.68. The highest BCUT2D eigenvalue weighted by molar-refractivity contribution is 5.69. The van der Waals surface area contributed by atoms with Gasteiger partial charge in [-0.25, -0.2) is 4.79 Å². The van der Waals surface area contributed by atoms with Crippen molar-refractivity contribution in [2.45, 2.75) is 38.7 Å². The molecule has 1 amide bonds. The first-order valence-electron chi connectivity index (χ1n) is 7.85. The molecule has 0 aliphatic carbocycles. The first-order chi connectivity index (χ1) is 10.6. The minimum Gasteiger partial charge on any atom is -0.445 e. The van der Waals surface area contributed by atoms with E-state index < -0.39 is 6.10 Å². The molecule has 5 nitrogen and oxygen atoms in total. The molecule has 3 rings (SSSR count). The van der Waals surface area contributed by atoms with E-state index in [0.29, 0.717) is 19.1 Å². The number of hydrogen-bond donors (Lipinski definition) is 1. The highest BCUT2D eigenvalue weighted by Crippen LogP contribution is 2.37. The van der Waals surface area contributed by atoms with Crippen LogP contribution in [-0.2, 0) is 16.1 Å². The van der Waals surface area contributed by atoms with Crippen LogP contribution in [0, 0.1) is 11.8 Å². The highest BCUT2D eigenvalue weighted by atomic mass is 16.6. The second kappa shape index (κ2) is 6.26. The first kappa shape index (κ1) is 15.3. The summed E-state index contributed by atoms with van der Waals surface area (Å²) in [6.07, 6.45) is -1.08. The average Bonchev–Trinajstić information content (AvgIpc) is 3.07. The fraction of sp³-hybridized carbons (Fsp3) is 0.588. The molecule has 0 saturated carbocycles. The van der Waals surface area contributed by atoms with Crippen LogP contribution in [0.5, 0.6) is 0 Å². The number of hydrogen-bond acceptors (Lipinski definition) is 4. The van der Waals surface area contributed by atoms with Gasteiger partial charge in [-0.3, -0.25) is 4.90 Å². The molecule has 120 valence electrons. The van der Waals surface area contributed by atoms with Gasteiger partial charge < -0.3 is 14.6 Å². The van der Waals surface area contributed by atoms with Gasteiger partial charge in [0.1, 0.15) is 12.7 Å². The molecule has 0 aromatic heterocycles. The van der Waals surface area contributed by atoms with Crippen LogP contribution in [-0.4, -0.2) is 47.5 Å². The number of aliphatic hydroxyl groups excluding tert-OH is 1. The van der Waals surface area contributed by atoms with E-state index in [4.69, 9.17) is 9.47 Å². The van der Waals surface area contributed by atoms with Crippen molar-refractivity contribution in [1.29, 1.82) is 0 Å². The fourth-order valence-electron chi connectivity index (χ4n) is 3.43. The summed E-state index contributed by atoms with van der Waals surface area (Å²) in [6.45, 7) is 5.36. The quantitative estimate of drug-likeness (QED) is 0.928. The zero-order valence-electron chi connectivity index (χ0n) is 13.0. The summed E-state index contributed by atoms with van der Waals surface area (Å²) in [7, 11) is 0. The van der Waals surface area contributed by atoms with Crippen molar-refractivity contribution in [3.63, 3.8) is 0 Å². The molecule has 0 radical (unpaired) electrons. The summed E-state index contributed by atoms with van der Waals surface area (Å²) in [5.41, 5.74) is 0.954. The van der Waals surface area contributed by atoms with Crippen LogP contribution in [0.1, 0.15) is 19.4 Å². The van der Waals surface area contributed by atoms with Gasteiger partial charge in [0.15, 0.2) is 0 Å². The molecule has 0 unspecified atom stereocenters. The zero-order valence-corrected chi connectivity index (χ0v) is 13.0. The molecule has 2 heterocycles. The lowest BCUT2D eigenvalue weighted by atomic mass is 9.90. The van der Waals surface area contributed by atoms with Gasteiger partial charge in [-0.05, 0) is 11.5 Å². The van der Waals surface area contributed by atoms with E-state index in [9.17, 15) is 9.90 Å².